The molecule has 1 aliphatic heterocycles. The summed E-state index contributed by atoms with van der Waals surface area (Å²) in [6.45, 7) is 3.83. The zero-order valence-electron chi connectivity index (χ0n) is 8.12. The summed E-state index contributed by atoms with van der Waals surface area (Å²) >= 11 is 1.65. The van der Waals surface area contributed by atoms with E-state index in [4.69, 9.17) is 0 Å². The Bertz CT molecular complexity index is 227. The van der Waals surface area contributed by atoms with Crippen molar-refractivity contribution in [3.63, 3.8) is 0 Å². The molecule has 0 aliphatic carbocycles. The van der Waals surface area contributed by atoms with Crippen molar-refractivity contribution in [3.05, 3.63) is 0 Å². The fourth-order valence-corrected chi connectivity index (χ4v) is 2.79. The predicted molar refractivity (Wildman–Crippen MR) is 51.7 cm³/mol. The lowest BCUT2D eigenvalue weighted by atomic mass is 9.89. The monoisotopic (exact) mass is 202 g/mol. The van der Waals surface area contributed by atoms with Crippen LogP contribution in [-0.4, -0.2) is 29.4 Å². The Balaban J connectivity index is 2.87. The van der Waals surface area contributed by atoms with E-state index in [0.717, 1.165) is 5.75 Å². The second kappa shape index (κ2) is 3.70. The molecule has 0 N–H and O–H groups in total. The van der Waals surface area contributed by atoms with Gasteiger partial charge in [-0.25, -0.2) is 0 Å². The molecule has 0 saturated carbocycles. The molecule has 1 rings (SSSR count). The van der Waals surface area contributed by atoms with Crippen molar-refractivity contribution in [2.45, 2.75) is 25.0 Å². The van der Waals surface area contributed by atoms with Gasteiger partial charge in [0.25, 0.3) is 0 Å². The third-order valence-electron chi connectivity index (χ3n) is 2.28. The third kappa shape index (κ3) is 2.05. The van der Waals surface area contributed by atoms with E-state index in [2.05, 4.69) is 4.74 Å². The zero-order chi connectivity index (χ0) is 10.1. The van der Waals surface area contributed by atoms with Crippen molar-refractivity contribution in [3.8, 4) is 0 Å². The molecule has 4 heteroatoms. The summed E-state index contributed by atoms with van der Waals surface area (Å²) in [5, 5.41) is 0. The van der Waals surface area contributed by atoms with Crippen molar-refractivity contribution in [2.75, 3.05) is 12.9 Å². The first-order valence-electron chi connectivity index (χ1n) is 4.23. The minimum absolute atomic E-state index is 0.00981. The standard InChI is InChI=1S/C9H14O3S/c1-9(2)7(8(11)12-3)6(10)4-5-13-9/h7H,4-5H2,1-3H3. The largest absolute Gasteiger partial charge is 0.468 e. The van der Waals surface area contributed by atoms with Gasteiger partial charge in [-0.3, -0.25) is 9.59 Å². The first-order valence-corrected chi connectivity index (χ1v) is 5.22. The van der Waals surface area contributed by atoms with Crippen LogP contribution in [0.4, 0.5) is 0 Å². The highest BCUT2D eigenvalue weighted by Gasteiger charge is 2.44. The van der Waals surface area contributed by atoms with Crippen molar-refractivity contribution < 1.29 is 14.3 Å². The molecule has 74 valence electrons. The van der Waals surface area contributed by atoms with Gasteiger partial charge in [0.2, 0.25) is 0 Å². The Hall–Kier alpha value is -0.510. The minimum Gasteiger partial charge on any atom is -0.468 e. The van der Waals surface area contributed by atoms with Gasteiger partial charge in [-0.15, -0.1) is 0 Å². The molecule has 1 fully saturated rings. The Labute approximate surface area is 82.2 Å². The maximum atomic E-state index is 11.5. The molecule has 3 nitrogen and oxygen atoms in total. The molecule has 1 aliphatic rings. The lowest BCUT2D eigenvalue weighted by molar-refractivity contribution is -0.150. The SMILES string of the molecule is COC(=O)C1C(=O)CCSC1(C)C. The minimum atomic E-state index is -0.587. The highest BCUT2D eigenvalue weighted by atomic mass is 32.2. The summed E-state index contributed by atoms with van der Waals surface area (Å²) < 4.78 is 4.31. The summed E-state index contributed by atoms with van der Waals surface area (Å²) in [6.07, 6.45) is 0.480. The molecule has 13 heavy (non-hydrogen) atoms. The average molecular weight is 202 g/mol. The van der Waals surface area contributed by atoms with E-state index >= 15 is 0 Å². The van der Waals surface area contributed by atoms with Gasteiger partial charge in [0.05, 0.1) is 7.11 Å². The highest BCUT2D eigenvalue weighted by Crippen LogP contribution is 2.39. The number of ether oxygens (including phenoxy) is 1. The van der Waals surface area contributed by atoms with Crippen molar-refractivity contribution in [1.82, 2.24) is 0 Å². The molecule has 0 bridgehead atoms. The first kappa shape index (κ1) is 10.6. The van der Waals surface area contributed by atoms with Gasteiger partial charge >= 0.3 is 5.97 Å². The molecule has 1 saturated heterocycles. The normalized spacial score (nSPS) is 27.0. The van der Waals surface area contributed by atoms with Gasteiger partial charge in [-0.2, -0.15) is 11.8 Å². The first-order chi connectivity index (χ1) is 5.99. The summed E-state index contributed by atoms with van der Waals surface area (Å²) in [4.78, 5) is 22.8. The molecule has 0 aromatic heterocycles. The van der Waals surface area contributed by atoms with E-state index in [1.165, 1.54) is 7.11 Å². The maximum absolute atomic E-state index is 11.5. The quantitative estimate of drug-likeness (QED) is 0.474. The van der Waals surface area contributed by atoms with Gasteiger partial charge in [0.1, 0.15) is 11.7 Å². The molecular weight excluding hydrogens is 188 g/mol. The summed E-state index contributed by atoms with van der Waals surface area (Å²) in [6, 6.07) is 0. The van der Waals surface area contributed by atoms with Crippen LogP contribution in [0, 0.1) is 5.92 Å². The Morgan fingerprint density at radius 3 is 2.69 bits per heavy atom. The summed E-state index contributed by atoms with van der Waals surface area (Å²) in [7, 11) is 1.32. The van der Waals surface area contributed by atoms with Crippen LogP contribution in [0.1, 0.15) is 20.3 Å². The number of hydrogen-bond acceptors (Lipinski definition) is 4. The molecule has 0 aromatic rings. The van der Waals surface area contributed by atoms with Gasteiger partial charge in [0.15, 0.2) is 0 Å². The zero-order valence-corrected chi connectivity index (χ0v) is 8.94. The molecule has 0 amide bonds. The topological polar surface area (TPSA) is 43.4 Å². The van der Waals surface area contributed by atoms with Crippen LogP contribution in [0.3, 0.4) is 0 Å². The van der Waals surface area contributed by atoms with Crippen LogP contribution in [0.2, 0.25) is 0 Å². The molecular formula is C9H14O3S. The smallest absolute Gasteiger partial charge is 0.317 e. The average Bonchev–Trinajstić information content (AvgIpc) is 2.02. The van der Waals surface area contributed by atoms with Crippen molar-refractivity contribution >= 4 is 23.5 Å². The second-order valence-electron chi connectivity index (χ2n) is 3.62. The maximum Gasteiger partial charge on any atom is 0.317 e. The van der Waals surface area contributed by atoms with E-state index in [0.29, 0.717) is 6.42 Å². The Morgan fingerprint density at radius 1 is 1.62 bits per heavy atom. The molecule has 0 spiro atoms. The number of esters is 1. The Kier molecular flexibility index (Phi) is 3.01. The van der Waals surface area contributed by atoms with Crippen molar-refractivity contribution in [1.29, 1.82) is 0 Å². The highest BCUT2D eigenvalue weighted by molar-refractivity contribution is 8.00. The third-order valence-corrected chi connectivity index (χ3v) is 3.66. The van der Waals surface area contributed by atoms with E-state index in [9.17, 15) is 9.59 Å². The molecule has 1 heterocycles. The van der Waals surface area contributed by atoms with Crippen LogP contribution >= 0.6 is 11.8 Å². The van der Waals surface area contributed by atoms with E-state index < -0.39 is 11.9 Å². The molecule has 0 radical (unpaired) electrons. The van der Waals surface area contributed by atoms with Crippen LogP contribution in [0.25, 0.3) is 0 Å². The number of carbonyl (C=O) groups is 2. The van der Waals surface area contributed by atoms with E-state index in [-0.39, 0.29) is 10.5 Å². The lowest BCUT2D eigenvalue weighted by Gasteiger charge is -2.34. The fraction of sp³-hybridized carbons (Fsp3) is 0.778. The van der Waals surface area contributed by atoms with E-state index in [1.807, 2.05) is 13.8 Å². The predicted octanol–water partition coefficient (Wildman–Crippen LogP) is 1.26. The van der Waals surface area contributed by atoms with Crippen LogP contribution < -0.4 is 0 Å². The summed E-state index contributed by atoms with van der Waals surface area (Å²) in [5.41, 5.74) is 0. The number of Topliss-reactive ketones (excluding diaryl/α,β-unsaturated/α-hetero) is 1. The van der Waals surface area contributed by atoms with Gasteiger partial charge in [0, 0.05) is 16.9 Å². The molecule has 1 unspecified atom stereocenters. The number of ketones is 1. The lowest BCUT2D eigenvalue weighted by Crippen LogP contribution is -2.44. The van der Waals surface area contributed by atoms with Gasteiger partial charge < -0.3 is 4.74 Å². The fourth-order valence-electron chi connectivity index (χ4n) is 1.56. The Morgan fingerprint density at radius 2 is 2.23 bits per heavy atom. The number of carbonyl (C=O) groups excluding carboxylic acids is 2. The molecule has 0 aromatic carbocycles. The van der Waals surface area contributed by atoms with Crippen LogP contribution in [0.5, 0.6) is 0 Å². The number of rotatable bonds is 1. The molecule has 1 atom stereocenters. The van der Waals surface area contributed by atoms with Crippen molar-refractivity contribution in [2.24, 2.45) is 5.92 Å². The van der Waals surface area contributed by atoms with Crippen LogP contribution in [0.15, 0.2) is 0 Å². The number of methoxy groups -OCH3 is 1. The van der Waals surface area contributed by atoms with Crippen LogP contribution in [-0.2, 0) is 14.3 Å². The second-order valence-corrected chi connectivity index (χ2v) is 5.37. The van der Waals surface area contributed by atoms with Gasteiger partial charge in [-0.1, -0.05) is 0 Å². The van der Waals surface area contributed by atoms with Gasteiger partial charge in [-0.05, 0) is 13.8 Å². The number of thioether (sulfide) groups is 1. The van der Waals surface area contributed by atoms with E-state index in [1.54, 1.807) is 11.8 Å². The number of hydrogen-bond donors (Lipinski definition) is 0. The summed E-state index contributed by atoms with van der Waals surface area (Å²) in [5.74, 6) is -0.173.